The van der Waals surface area contributed by atoms with E-state index in [2.05, 4.69) is 9.47 Å². The first-order valence-electron chi connectivity index (χ1n) is 9.17. The predicted octanol–water partition coefficient (Wildman–Crippen LogP) is 2.51. The fourth-order valence-electron chi connectivity index (χ4n) is 3.82. The van der Waals surface area contributed by atoms with Crippen molar-refractivity contribution in [2.24, 2.45) is 7.05 Å². The van der Waals surface area contributed by atoms with Gasteiger partial charge in [-0.05, 0) is 44.0 Å². The molecule has 0 saturated carbocycles. The third kappa shape index (κ3) is 4.59. The molecule has 1 N–H and O–H groups in total. The fourth-order valence-corrected chi connectivity index (χ4v) is 3.98. The number of hydrogen-bond donors (Lipinski definition) is 1. The Morgan fingerprint density at radius 1 is 1.33 bits per heavy atom. The van der Waals surface area contributed by atoms with Crippen LogP contribution in [0, 0.1) is 0 Å². The molecular formula is C19H25ClN4O3. The number of carbonyl (C=O) groups is 2. The molecule has 0 radical (unpaired) electrons. The first kappa shape index (κ1) is 19.6. The highest BCUT2D eigenvalue weighted by Gasteiger charge is 2.26. The molecule has 1 amide bonds. The second-order valence-electron chi connectivity index (χ2n) is 7.12. The van der Waals surface area contributed by atoms with Gasteiger partial charge in [0.05, 0.1) is 17.6 Å². The minimum atomic E-state index is -0.968. The molecular weight excluding hydrogens is 368 g/mol. The second kappa shape index (κ2) is 8.27. The lowest BCUT2D eigenvalue weighted by Gasteiger charge is -2.28. The zero-order valence-electron chi connectivity index (χ0n) is 15.7. The standard InChI is InChI=1S/C19H25ClN4O3/c1-13(25)24(12-19(26)27)15-4-3-8-23(9-7-15)11-18-21-16-10-14(20)5-6-17(16)22(18)2/h5-6,10,15H,3-4,7-9,11-12H2,1-2H3,(H,26,27). The molecule has 1 aromatic heterocycles. The number of imidazole rings is 1. The average molecular weight is 393 g/mol. The molecule has 1 atom stereocenters. The summed E-state index contributed by atoms with van der Waals surface area (Å²) in [4.78, 5) is 31.5. The Hall–Kier alpha value is -2.12. The maximum Gasteiger partial charge on any atom is 0.323 e. The SMILES string of the molecule is CC(=O)N(CC(=O)O)C1CCCN(Cc2nc3cc(Cl)ccc3n2C)CC1. The van der Waals surface area contributed by atoms with Gasteiger partial charge in [0.2, 0.25) is 5.91 Å². The minimum absolute atomic E-state index is 0.0251. The van der Waals surface area contributed by atoms with Gasteiger partial charge in [-0.1, -0.05) is 11.6 Å². The Kier molecular flexibility index (Phi) is 6.01. The third-order valence-corrected chi connectivity index (χ3v) is 5.48. The zero-order valence-corrected chi connectivity index (χ0v) is 16.4. The Labute approximate surface area is 163 Å². The van der Waals surface area contributed by atoms with Crippen LogP contribution < -0.4 is 0 Å². The third-order valence-electron chi connectivity index (χ3n) is 5.24. The molecule has 3 rings (SSSR count). The minimum Gasteiger partial charge on any atom is -0.480 e. The van der Waals surface area contributed by atoms with Crippen molar-refractivity contribution in [2.45, 2.75) is 38.8 Å². The molecule has 2 heterocycles. The lowest BCUT2D eigenvalue weighted by atomic mass is 10.1. The number of aryl methyl sites for hydroxylation is 1. The van der Waals surface area contributed by atoms with Crippen molar-refractivity contribution < 1.29 is 14.7 Å². The summed E-state index contributed by atoms with van der Waals surface area (Å²) in [6.07, 6.45) is 2.51. The molecule has 1 saturated heterocycles. The van der Waals surface area contributed by atoms with Crippen LogP contribution in [0.5, 0.6) is 0 Å². The first-order chi connectivity index (χ1) is 12.8. The summed E-state index contributed by atoms with van der Waals surface area (Å²) in [7, 11) is 2.00. The smallest absolute Gasteiger partial charge is 0.323 e. The van der Waals surface area contributed by atoms with Gasteiger partial charge in [-0.3, -0.25) is 14.5 Å². The Morgan fingerprint density at radius 3 is 2.81 bits per heavy atom. The number of carboxylic acid groups (broad SMARTS) is 1. The zero-order chi connectivity index (χ0) is 19.6. The number of fused-ring (bicyclic) bond motifs is 1. The highest BCUT2D eigenvalue weighted by Crippen LogP contribution is 2.22. The number of nitrogens with zero attached hydrogens (tertiary/aromatic N) is 4. The summed E-state index contributed by atoms with van der Waals surface area (Å²) in [5, 5.41) is 9.75. The van der Waals surface area contributed by atoms with Crippen LogP contribution in [0.1, 0.15) is 32.0 Å². The Bertz CT molecular complexity index is 851. The fraction of sp³-hybridized carbons (Fsp3) is 0.526. The quantitative estimate of drug-likeness (QED) is 0.845. The van der Waals surface area contributed by atoms with Crippen LogP contribution in [0.3, 0.4) is 0 Å². The van der Waals surface area contributed by atoms with Gasteiger partial charge in [0.25, 0.3) is 0 Å². The van der Waals surface area contributed by atoms with Crippen molar-refractivity contribution in [1.29, 1.82) is 0 Å². The van der Waals surface area contributed by atoms with Gasteiger partial charge in [0.15, 0.2) is 0 Å². The lowest BCUT2D eigenvalue weighted by Crippen LogP contribution is -2.42. The normalized spacial score (nSPS) is 18.4. The first-order valence-corrected chi connectivity index (χ1v) is 9.55. The second-order valence-corrected chi connectivity index (χ2v) is 7.56. The maximum atomic E-state index is 11.9. The predicted molar refractivity (Wildman–Crippen MR) is 104 cm³/mol. The highest BCUT2D eigenvalue weighted by atomic mass is 35.5. The molecule has 7 nitrogen and oxygen atoms in total. The van der Waals surface area contributed by atoms with E-state index in [0.29, 0.717) is 11.6 Å². The number of aromatic nitrogens is 2. The van der Waals surface area contributed by atoms with Gasteiger partial charge in [0, 0.05) is 31.6 Å². The Morgan fingerprint density at radius 2 is 2.11 bits per heavy atom. The molecule has 1 aliphatic rings. The van der Waals surface area contributed by atoms with Crippen LogP contribution in [0.25, 0.3) is 11.0 Å². The van der Waals surface area contributed by atoms with Crippen LogP contribution in [0.2, 0.25) is 5.02 Å². The van der Waals surface area contributed by atoms with Gasteiger partial charge >= 0.3 is 5.97 Å². The summed E-state index contributed by atoms with van der Waals surface area (Å²) in [5.41, 5.74) is 1.93. The summed E-state index contributed by atoms with van der Waals surface area (Å²) in [6.45, 7) is 3.63. The molecule has 1 unspecified atom stereocenters. The van der Waals surface area contributed by atoms with Gasteiger partial charge in [-0.25, -0.2) is 4.98 Å². The molecule has 2 aromatic rings. The number of halogens is 1. The van der Waals surface area contributed by atoms with Crippen molar-refractivity contribution in [1.82, 2.24) is 19.4 Å². The summed E-state index contributed by atoms with van der Waals surface area (Å²) in [6, 6.07) is 5.69. The molecule has 1 fully saturated rings. The van der Waals surface area contributed by atoms with Crippen LogP contribution in [-0.4, -0.2) is 62.0 Å². The summed E-state index contributed by atoms with van der Waals surface area (Å²) in [5.74, 6) is -0.174. The van der Waals surface area contributed by atoms with E-state index in [1.54, 1.807) is 0 Å². The van der Waals surface area contributed by atoms with E-state index in [1.165, 1.54) is 11.8 Å². The molecule has 0 spiro atoms. The number of hydrogen-bond acceptors (Lipinski definition) is 4. The van der Waals surface area contributed by atoms with Gasteiger partial charge < -0.3 is 14.6 Å². The van der Waals surface area contributed by atoms with Crippen LogP contribution in [0.15, 0.2) is 18.2 Å². The van der Waals surface area contributed by atoms with Crippen molar-refractivity contribution in [3.63, 3.8) is 0 Å². The van der Waals surface area contributed by atoms with E-state index in [0.717, 1.165) is 49.2 Å². The van der Waals surface area contributed by atoms with E-state index < -0.39 is 5.97 Å². The average Bonchev–Trinajstić information content (AvgIpc) is 2.77. The molecule has 27 heavy (non-hydrogen) atoms. The van der Waals surface area contributed by atoms with Crippen molar-refractivity contribution in [3.8, 4) is 0 Å². The highest BCUT2D eigenvalue weighted by molar-refractivity contribution is 6.31. The number of carbonyl (C=O) groups excluding carboxylic acids is 1. The number of aliphatic carboxylic acids is 1. The maximum absolute atomic E-state index is 11.9. The number of amides is 1. The van der Waals surface area contributed by atoms with Gasteiger partial charge in [0.1, 0.15) is 12.4 Å². The summed E-state index contributed by atoms with van der Waals surface area (Å²) >= 11 is 6.07. The molecule has 0 bridgehead atoms. The van der Waals surface area contributed by atoms with E-state index in [1.807, 2.05) is 25.2 Å². The topological polar surface area (TPSA) is 78.7 Å². The molecule has 146 valence electrons. The van der Waals surface area contributed by atoms with Crippen LogP contribution >= 0.6 is 11.6 Å². The van der Waals surface area contributed by atoms with Crippen LogP contribution in [-0.2, 0) is 23.2 Å². The van der Waals surface area contributed by atoms with E-state index in [-0.39, 0.29) is 18.5 Å². The van der Waals surface area contributed by atoms with Crippen molar-refractivity contribution in [2.75, 3.05) is 19.6 Å². The van der Waals surface area contributed by atoms with E-state index in [9.17, 15) is 9.59 Å². The molecule has 1 aliphatic heterocycles. The summed E-state index contributed by atoms with van der Waals surface area (Å²) < 4.78 is 2.08. The number of carboxylic acids is 1. The monoisotopic (exact) mass is 392 g/mol. The molecule has 1 aromatic carbocycles. The number of rotatable bonds is 5. The molecule has 0 aliphatic carbocycles. The van der Waals surface area contributed by atoms with Gasteiger partial charge in [-0.15, -0.1) is 0 Å². The molecule has 8 heteroatoms. The van der Waals surface area contributed by atoms with E-state index in [4.69, 9.17) is 21.7 Å². The largest absolute Gasteiger partial charge is 0.480 e. The van der Waals surface area contributed by atoms with Crippen molar-refractivity contribution in [3.05, 3.63) is 29.0 Å². The van der Waals surface area contributed by atoms with Gasteiger partial charge in [-0.2, -0.15) is 0 Å². The van der Waals surface area contributed by atoms with Crippen LogP contribution in [0.4, 0.5) is 0 Å². The van der Waals surface area contributed by atoms with Crippen molar-refractivity contribution >= 4 is 34.5 Å². The number of likely N-dealkylation sites (tertiary alicyclic amines) is 1. The lowest BCUT2D eigenvalue weighted by molar-refractivity contribution is -0.145. The van der Waals surface area contributed by atoms with E-state index >= 15 is 0 Å². The number of benzene rings is 1. The Balaban J connectivity index is 1.69.